The highest BCUT2D eigenvalue weighted by atomic mass is 16.3. The minimum Gasteiger partial charge on any atom is -0.466 e. The van der Waals surface area contributed by atoms with Crippen molar-refractivity contribution >= 4 is 22.6 Å². The summed E-state index contributed by atoms with van der Waals surface area (Å²) in [5, 5.41) is 5.06. The molecule has 4 aromatic rings. The fourth-order valence-corrected chi connectivity index (χ4v) is 3.36. The van der Waals surface area contributed by atoms with Gasteiger partial charge in [-0.2, -0.15) is 5.10 Å². The molecule has 0 aliphatic rings. The largest absolute Gasteiger partial charge is 0.466 e. The Labute approximate surface area is 177 Å². The second-order valence-electron chi connectivity index (χ2n) is 7.08. The van der Waals surface area contributed by atoms with E-state index in [2.05, 4.69) is 16.0 Å². The van der Waals surface area contributed by atoms with Gasteiger partial charge in [0, 0.05) is 5.39 Å². The van der Waals surface area contributed by atoms with Crippen LogP contribution in [0.15, 0.2) is 69.9 Å². The molecule has 0 fully saturated rings. The number of aryl methyl sites for hydroxylation is 2. The van der Waals surface area contributed by atoms with Gasteiger partial charge in [0.2, 0.25) is 0 Å². The lowest BCUT2D eigenvalue weighted by Crippen LogP contribution is -2.43. The number of hydrogen-bond acceptors (Lipinski definition) is 5. The zero-order chi connectivity index (χ0) is 22.0. The molecule has 8 nitrogen and oxygen atoms in total. The molecule has 0 saturated carbocycles. The Morgan fingerprint density at radius 2 is 1.58 bits per heavy atom. The topological polar surface area (TPSA) is 106 Å². The van der Waals surface area contributed by atoms with E-state index in [9.17, 15) is 14.4 Å². The molecule has 2 aromatic heterocycles. The van der Waals surface area contributed by atoms with Gasteiger partial charge in [0.1, 0.15) is 11.5 Å². The Morgan fingerprint density at radius 1 is 0.935 bits per heavy atom. The number of fused-ring (bicyclic) bond motifs is 1. The second-order valence-corrected chi connectivity index (χ2v) is 7.08. The molecular formula is C23H20N4O4. The van der Waals surface area contributed by atoms with Gasteiger partial charge in [-0.1, -0.05) is 48.5 Å². The van der Waals surface area contributed by atoms with Crippen LogP contribution in [0.2, 0.25) is 0 Å². The number of aromatic nitrogens is 2. The molecule has 2 N–H and O–H groups in total. The van der Waals surface area contributed by atoms with Gasteiger partial charge in [0.25, 0.3) is 17.4 Å². The number of furan rings is 1. The van der Waals surface area contributed by atoms with Crippen LogP contribution < -0.4 is 16.4 Å². The first-order valence-corrected chi connectivity index (χ1v) is 9.65. The van der Waals surface area contributed by atoms with E-state index in [1.54, 1.807) is 44.2 Å². The molecule has 0 atom stereocenters. The van der Waals surface area contributed by atoms with Crippen LogP contribution in [0, 0.1) is 13.8 Å². The molecule has 0 bridgehead atoms. The van der Waals surface area contributed by atoms with Crippen molar-refractivity contribution in [1.29, 1.82) is 0 Å². The van der Waals surface area contributed by atoms with E-state index >= 15 is 0 Å². The molecule has 8 heteroatoms. The third-order valence-electron chi connectivity index (χ3n) is 4.83. The average Bonchev–Trinajstić information content (AvgIpc) is 3.12. The summed E-state index contributed by atoms with van der Waals surface area (Å²) >= 11 is 0. The van der Waals surface area contributed by atoms with E-state index in [0.29, 0.717) is 27.9 Å². The van der Waals surface area contributed by atoms with Gasteiger partial charge in [-0.15, -0.1) is 0 Å². The fraction of sp³-hybridized carbons (Fsp3) is 0.130. The number of benzene rings is 2. The standard InChI is InChI=1S/C23H20N4O4/c1-14-12-19(15(2)31-14)21(28)24-25-22(29)20-17-10-6-7-11-18(17)23(30)27(26-20)13-16-8-4-3-5-9-16/h3-12H,13H2,1-2H3,(H,24,28)(H,25,29). The zero-order valence-corrected chi connectivity index (χ0v) is 17.0. The van der Waals surface area contributed by atoms with Crippen molar-refractivity contribution in [2.45, 2.75) is 20.4 Å². The Kier molecular flexibility index (Phi) is 5.36. The summed E-state index contributed by atoms with van der Waals surface area (Å²) < 4.78 is 6.59. The first kappa shape index (κ1) is 20.1. The van der Waals surface area contributed by atoms with Crippen LogP contribution in [-0.2, 0) is 6.54 Å². The summed E-state index contributed by atoms with van der Waals surface area (Å²) in [6.45, 7) is 3.61. The fourth-order valence-electron chi connectivity index (χ4n) is 3.36. The molecule has 156 valence electrons. The number of nitrogens with zero attached hydrogens (tertiary/aromatic N) is 2. The van der Waals surface area contributed by atoms with Crippen LogP contribution >= 0.6 is 0 Å². The van der Waals surface area contributed by atoms with Crippen LogP contribution in [0.5, 0.6) is 0 Å². The minimum atomic E-state index is -0.635. The first-order valence-electron chi connectivity index (χ1n) is 9.65. The highest BCUT2D eigenvalue weighted by Gasteiger charge is 2.19. The van der Waals surface area contributed by atoms with Gasteiger partial charge < -0.3 is 4.42 Å². The van der Waals surface area contributed by atoms with Gasteiger partial charge in [-0.3, -0.25) is 25.2 Å². The third-order valence-corrected chi connectivity index (χ3v) is 4.83. The quantitative estimate of drug-likeness (QED) is 0.498. The van der Waals surface area contributed by atoms with Crippen molar-refractivity contribution in [2.24, 2.45) is 0 Å². The maximum absolute atomic E-state index is 12.9. The zero-order valence-electron chi connectivity index (χ0n) is 17.0. The number of carbonyl (C=O) groups is 2. The average molecular weight is 416 g/mol. The summed E-state index contributed by atoms with van der Waals surface area (Å²) in [4.78, 5) is 38.1. The molecule has 2 aromatic carbocycles. The minimum absolute atomic E-state index is 0.0338. The molecule has 0 aliphatic heterocycles. The molecular weight excluding hydrogens is 396 g/mol. The van der Waals surface area contributed by atoms with E-state index in [1.807, 2.05) is 30.3 Å². The highest BCUT2D eigenvalue weighted by Crippen LogP contribution is 2.15. The maximum atomic E-state index is 12.9. The van der Waals surface area contributed by atoms with E-state index < -0.39 is 11.8 Å². The molecule has 2 heterocycles. The Morgan fingerprint density at radius 3 is 2.26 bits per heavy atom. The summed E-state index contributed by atoms with van der Waals surface area (Å²) in [5.41, 5.74) is 5.68. The van der Waals surface area contributed by atoms with Crippen molar-refractivity contribution in [3.63, 3.8) is 0 Å². The molecule has 4 rings (SSSR count). The van der Waals surface area contributed by atoms with Crippen LogP contribution in [0.25, 0.3) is 10.8 Å². The van der Waals surface area contributed by atoms with Crippen LogP contribution in [0.4, 0.5) is 0 Å². The number of nitrogens with one attached hydrogen (secondary N) is 2. The van der Waals surface area contributed by atoms with Gasteiger partial charge in [-0.05, 0) is 31.5 Å². The van der Waals surface area contributed by atoms with Gasteiger partial charge in [-0.25, -0.2) is 4.68 Å². The predicted octanol–water partition coefficient (Wildman–Crippen LogP) is 2.73. The lowest BCUT2D eigenvalue weighted by molar-refractivity contribution is 0.0842. The summed E-state index contributed by atoms with van der Waals surface area (Å²) in [6.07, 6.45) is 0. The van der Waals surface area contributed by atoms with Crippen LogP contribution in [0.3, 0.4) is 0 Å². The van der Waals surface area contributed by atoms with Gasteiger partial charge in [0.05, 0.1) is 17.5 Å². The summed E-state index contributed by atoms with van der Waals surface area (Å²) in [6, 6.07) is 17.7. The van der Waals surface area contributed by atoms with Crippen LogP contribution in [-0.4, -0.2) is 21.6 Å². The highest BCUT2D eigenvalue weighted by molar-refractivity contribution is 6.06. The number of rotatable bonds is 4. The normalized spacial score (nSPS) is 10.8. The van der Waals surface area contributed by atoms with Crippen molar-refractivity contribution in [3.8, 4) is 0 Å². The second kappa shape index (κ2) is 8.27. The molecule has 0 radical (unpaired) electrons. The summed E-state index contributed by atoms with van der Waals surface area (Å²) in [5.74, 6) is -0.104. The van der Waals surface area contributed by atoms with E-state index in [4.69, 9.17) is 4.42 Å². The van der Waals surface area contributed by atoms with Crippen molar-refractivity contribution < 1.29 is 14.0 Å². The molecule has 0 unspecified atom stereocenters. The Hall–Kier alpha value is -4.20. The van der Waals surface area contributed by atoms with Crippen molar-refractivity contribution in [2.75, 3.05) is 0 Å². The van der Waals surface area contributed by atoms with E-state index in [1.165, 1.54) is 4.68 Å². The Balaban J connectivity index is 1.65. The summed E-state index contributed by atoms with van der Waals surface area (Å²) in [7, 11) is 0. The SMILES string of the molecule is Cc1cc(C(=O)NNC(=O)c2nn(Cc3ccccc3)c(=O)c3ccccc23)c(C)o1. The Bertz CT molecular complexity index is 1340. The maximum Gasteiger partial charge on any atom is 0.290 e. The number of hydrogen-bond donors (Lipinski definition) is 2. The van der Waals surface area contributed by atoms with Gasteiger partial charge >= 0.3 is 0 Å². The number of carbonyl (C=O) groups excluding carboxylic acids is 2. The van der Waals surface area contributed by atoms with Crippen LogP contribution in [0.1, 0.15) is 37.9 Å². The molecule has 2 amide bonds. The molecule has 31 heavy (non-hydrogen) atoms. The smallest absolute Gasteiger partial charge is 0.290 e. The number of amides is 2. The van der Waals surface area contributed by atoms with Gasteiger partial charge in [0.15, 0.2) is 5.69 Å². The first-order chi connectivity index (χ1) is 14.9. The lowest BCUT2D eigenvalue weighted by Gasteiger charge is -2.12. The lowest BCUT2D eigenvalue weighted by atomic mass is 10.1. The monoisotopic (exact) mass is 416 g/mol. The molecule has 0 saturated heterocycles. The third kappa shape index (κ3) is 4.09. The van der Waals surface area contributed by atoms with E-state index in [-0.39, 0.29) is 17.8 Å². The van der Waals surface area contributed by atoms with E-state index in [0.717, 1.165) is 5.56 Å². The van der Waals surface area contributed by atoms with Crippen molar-refractivity contribution in [3.05, 3.63) is 99.4 Å². The molecule has 0 spiro atoms. The number of hydrazine groups is 1. The molecule has 0 aliphatic carbocycles. The predicted molar refractivity (Wildman–Crippen MR) is 115 cm³/mol. The van der Waals surface area contributed by atoms with Crippen molar-refractivity contribution in [1.82, 2.24) is 20.6 Å².